The Morgan fingerprint density at radius 2 is 1.25 bits per heavy atom. The number of hydrogen-bond donors (Lipinski definition) is 0. The molecule has 0 aliphatic heterocycles. The quantitative estimate of drug-likeness (QED) is 0.513. The van der Waals surface area contributed by atoms with E-state index in [-0.39, 0.29) is 98.1 Å². The van der Waals surface area contributed by atoms with Gasteiger partial charge in [-0.2, -0.15) is 12.4 Å². The van der Waals surface area contributed by atoms with E-state index in [1.807, 2.05) is 0 Å². The maximum atomic E-state index is 4.90. The van der Waals surface area contributed by atoms with Crippen LogP contribution in [-0.4, -0.2) is 12.4 Å². The minimum Gasteiger partial charge on any atom is -0.601 e. The van der Waals surface area contributed by atoms with Crippen molar-refractivity contribution in [3.05, 3.63) is 25.6 Å². The molecule has 0 heterocycles. The van der Waals surface area contributed by atoms with Gasteiger partial charge >= 0.3 is 0 Å². The Labute approximate surface area is 149 Å². The number of nitrogens with zero attached hydrogens (tertiary/aromatic N) is 2. The molecule has 0 aromatic rings. The van der Waals surface area contributed by atoms with E-state index in [0.717, 1.165) is 12.4 Å². The fraction of sp³-hybridized carbons (Fsp3) is 0.143. The summed E-state index contributed by atoms with van der Waals surface area (Å²) < 4.78 is 0. The first-order valence-electron chi connectivity index (χ1n) is 2.34. The van der Waals surface area contributed by atoms with Crippen molar-refractivity contribution in [3.8, 4) is 0 Å². The van der Waals surface area contributed by atoms with E-state index in [4.69, 9.17) is 13.2 Å². The first-order valence-corrected chi connectivity index (χ1v) is 2.34. The Morgan fingerprint density at radius 3 is 1.50 bits per heavy atom. The van der Waals surface area contributed by atoms with Gasteiger partial charge in [-0.25, -0.2) is 0 Å². The van der Waals surface area contributed by atoms with Crippen LogP contribution in [0.25, 0.3) is 0 Å². The molecule has 0 amide bonds. The molecule has 5 heteroatoms. The van der Waals surface area contributed by atoms with Crippen LogP contribution in [-0.2, 0) is 98.1 Å². The van der Waals surface area contributed by atoms with E-state index in [2.05, 4.69) is 22.4 Å². The summed E-state index contributed by atoms with van der Waals surface area (Å²) in [5.41, 5.74) is 0. The van der Waals surface area contributed by atoms with Crippen LogP contribution < -0.4 is 0 Å². The molecule has 0 atom stereocenters. The number of hydrogen-bond acceptors (Lipinski definition) is 2. The zero-order valence-electron chi connectivity index (χ0n) is 6.64. The van der Waals surface area contributed by atoms with Gasteiger partial charge in [-0.1, -0.05) is 0 Å². The van der Waals surface area contributed by atoms with E-state index < -0.39 is 0 Å². The summed E-state index contributed by atoms with van der Waals surface area (Å²) in [6, 6.07) is 0. The Balaban J connectivity index is -0.000000107. The molecule has 0 saturated carbocycles. The Morgan fingerprint density at radius 1 is 0.917 bits per heavy atom. The van der Waals surface area contributed by atoms with Crippen molar-refractivity contribution in [2.24, 2.45) is 9.98 Å². The molecule has 0 rings (SSSR count). The predicted octanol–water partition coefficient (Wildman–Crippen LogP) is 1.16. The summed E-state index contributed by atoms with van der Waals surface area (Å²) >= 11 is 0. The molecule has 0 bridgehead atoms. The van der Waals surface area contributed by atoms with Crippen molar-refractivity contribution in [1.82, 2.24) is 0 Å². The van der Waals surface area contributed by atoms with Crippen molar-refractivity contribution in [2.75, 3.05) is 0 Å². The van der Waals surface area contributed by atoms with E-state index >= 15 is 0 Å². The van der Waals surface area contributed by atoms with Crippen molar-refractivity contribution in [2.45, 2.75) is 6.42 Å². The van der Waals surface area contributed by atoms with Crippen LogP contribution in [0.4, 0.5) is 0 Å². The Bertz CT molecular complexity index is 128. The van der Waals surface area contributed by atoms with Crippen molar-refractivity contribution >= 4 is 12.4 Å². The fourth-order valence-electron chi connectivity index (χ4n) is 0.232. The molecule has 0 N–H and O–H groups in total. The van der Waals surface area contributed by atoms with Gasteiger partial charge in [0.1, 0.15) is 0 Å². The smallest absolute Gasteiger partial charge is 0 e. The van der Waals surface area contributed by atoms with Crippen LogP contribution in [0.2, 0.25) is 0 Å². The van der Waals surface area contributed by atoms with Crippen LogP contribution in [0.1, 0.15) is 6.42 Å². The molecule has 0 unspecified atom stereocenters. The average Bonchev–Trinajstić information content (AvgIpc) is 1.89. The third kappa shape index (κ3) is 22.7. The first-order chi connectivity index (χ1) is 4.41. The second-order valence-corrected chi connectivity index (χ2v) is 1.05. The third-order valence-electron chi connectivity index (χ3n) is 0.490. The summed E-state index contributed by atoms with van der Waals surface area (Å²) in [7, 11) is 0. The van der Waals surface area contributed by atoms with Gasteiger partial charge in [-0.3, -0.25) is 0 Å². The molecule has 0 aromatic carbocycles. The fourth-order valence-corrected chi connectivity index (χ4v) is 0.232. The van der Waals surface area contributed by atoms with Crippen LogP contribution in [0.3, 0.4) is 0 Å². The van der Waals surface area contributed by atoms with Gasteiger partial charge in [-0.15, -0.1) is 6.42 Å². The molecule has 0 fully saturated rings. The van der Waals surface area contributed by atoms with Crippen LogP contribution in [0, 0.1) is 13.2 Å². The summed E-state index contributed by atoms with van der Waals surface area (Å²) in [6.07, 6.45) is 7.77. The molecular formula is C7H6N2Y3-4. The average molecular weight is 385 g/mol. The monoisotopic (exact) mass is 385 g/mol. The third-order valence-corrected chi connectivity index (χ3v) is 0.490. The molecule has 0 saturated heterocycles. The van der Waals surface area contributed by atoms with Gasteiger partial charge < -0.3 is 35.5 Å². The summed E-state index contributed by atoms with van der Waals surface area (Å²) in [5, 5.41) is 0. The minimum atomic E-state index is 0. The van der Waals surface area contributed by atoms with Crippen LogP contribution in [0.5, 0.6) is 0 Å². The van der Waals surface area contributed by atoms with Gasteiger partial charge in [0, 0.05) is 98.1 Å². The first kappa shape index (κ1) is 23.7. The van der Waals surface area contributed by atoms with Gasteiger partial charge in [0.2, 0.25) is 0 Å². The van der Waals surface area contributed by atoms with E-state index in [1.165, 1.54) is 0 Å². The Hall–Kier alpha value is 2.13. The second-order valence-electron chi connectivity index (χ2n) is 1.05. The maximum absolute atomic E-state index is 4.90. The topological polar surface area (TPSA) is 24.7 Å². The zero-order valence-corrected chi connectivity index (χ0v) is 15.2. The summed E-state index contributed by atoms with van der Waals surface area (Å²) in [4.78, 5) is 6.94. The molecule has 12 heavy (non-hydrogen) atoms. The van der Waals surface area contributed by atoms with E-state index in [1.54, 1.807) is 0 Å². The predicted molar refractivity (Wildman–Crippen MR) is 37.2 cm³/mol. The molecule has 0 aliphatic carbocycles. The minimum absolute atomic E-state index is 0. The number of aliphatic imine (C=N–C) groups is 2. The number of rotatable bonds is 4. The molecular weight excluding hydrogens is 379 g/mol. The SMILES string of the molecule is [CH-]=CN=[C-]C[C-]=NC=[CH-].[Y].[Y].[Y]. The van der Waals surface area contributed by atoms with Gasteiger partial charge in [-0.05, 0) is 0 Å². The van der Waals surface area contributed by atoms with Crippen LogP contribution in [0.15, 0.2) is 22.4 Å². The maximum Gasteiger partial charge on any atom is 0 e. The van der Waals surface area contributed by atoms with Crippen molar-refractivity contribution < 1.29 is 98.1 Å². The molecule has 0 aliphatic rings. The van der Waals surface area contributed by atoms with E-state index in [0.29, 0.717) is 6.42 Å². The zero-order chi connectivity index (χ0) is 6.95. The Kier molecular flexibility index (Phi) is 45.9. The standard InChI is InChI=1S/C7H6N2.3Y/c1-3-8-6-5-7-9-4-2;;;/h1-4H,5H2;;;/q-4;;;. The van der Waals surface area contributed by atoms with Gasteiger partial charge in [0.25, 0.3) is 0 Å². The summed E-state index contributed by atoms with van der Waals surface area (Å²) in [6.45, 7) is 9.80. The van der Waals surface area contributed by atoms with Crippen LogP contribution >= 0.6 is 0 Å². The van der Waals surface area contributed by atoms with Gasteiger partial charge in [0.05, 0.1) is 0 Å². The second kappa shape index (κ2) is 23.2. The molecule has 57 valence electrons. The van der Waals surface area contributed by atoms with Gasteiger partial charge in [0.15, 0.2) is 0 Å². The molecule has 0 aromatic heterocycles. The van der Waals surface area contributed by atoms with Crippen molar-refractivity contribution in [3.63, 3.8) is 0 Å². The molecule has 3 radical (unpaired) electrons. The normalized spacial score (nSPS) is 8.00. The van der Waals surface area contributed by atoms with Crippen molar-refractivity contribution in [1.29, 1.82) is 0 Å². The summed E-state index contributed by atoms with van der Waals surface area (Å²) in [5.74, 6) is 0. The molecule has 0 spiro atoms. The largest absolute Gasteiger partial charge is 0.601 e. The van der Waals surface area contributed by atoms with E-state index in [9.17, 15) is 0 Å². The molecule has 2 nitrogen and oxygen atoms in total.